The minimum Gasteiger partial charge on any atom is -0.413 e. The lowest BCUT2D eigenvalue weighted by Gasteiger charge is -2.62. The predicted octanol–water partition coefficient (Wildman–Crippen LogP) is 7.39. The van der Waals surface area contributed by atoms with Crippen LogP contribution in [0.3, 0.4) is 0 Å². The number of halogens is 1. The number of hydrogen-bond donors (Lipinski definition) is 1. The highest BCUT2D eigenvalue weighted by atomic mass is 127. The van der Waals surface area contributed by atoms with Gasteiger partial charge in [0.25, 0.3) is 0 Å². The average Bonchev–Trinajstić information content (AvgIpc) is 3.06. The molecule has 1 saturated heterocycles. The van der Waals surface area contributed by atoms with Gasteiger partial charge in [-0.3, -0.25) is 0 Å². The summed E-state index contributed by atoms with van der Waals surface area (Å²) in [4.78, 5) is 0. The molecule has 6 heteroatoms. The SMILES string of the molecule is CC1(C)COC2(CC[C@]3(I)C4=CC[C@]5(C)[C@@H](O[Si](C)(C)C(C)(C)C)CC[C@H]5[C@@H]4CC[C@@]3(O)C2)OC1. The summed E-state index contributed by atoms with van der Waals surface area (Å²) in [6.45, 7) is 20.2. The third-order valence-corrected chi connectivity index (χ3v) is 17.8. The van der Waals surface area contributed by atoms with E-state index in [1.165, 1.54) is 18.4 Å². The maximum absolute atomic E-state index is 12.2. The molecule has 0 aromatic rings. The van der Waals surface area contributed by atoms with Crippen molar-refractivity contribution in [2.45, 2.75) is 132 Å². The summed E-state index contributed by atoms with van der Waals surface area (Å²) in [7, 11) is -1.81. The van der Waals surface area contributed by atoms with E-state index in [1.54, 1.807) is 0 Å². The van der Waals surface area contributed by atoms with Crippen LogP contribution in [0.1, 0.15) is 92.9 Å². The van der Waals surface area contributed by atoms with E-state index in [1.807, 2.05) is 0 Å². The number of rotatable bonds is 2. The molecule has 4 aliphatic carbocycles. The fourth-order valence-electron chi connectivity index (χ4n) is 7.76. The molecular weight excluding hydrogens is 567 g/mol. The van der Waals surface area contributed by atoms with Crippen LogP contribution in [-0.4, -0.2) is 47.6 Å². The summed E-state index contributed by atoms with van der Waals surface area (Å²) < 4.78 is 19.6. The van der Waals surface area contributed by atoms with Crippen LogP contribution in [0.25, 0.3) is 0 Å². The lowest BCUT2D eigenvalue weighted by atomic mass is 9.53. The normalized spacial score (nSPS) is 44.9. The average molecular weight is 617 g/mol. The highest BCUT2D eigenvalue weighted by Crippen LogP contribution is 2.67. The molecule has 0 unspecified atom stereocenters. The molecule has 1 N–H and O–H groups in total. The van der Waals surface area contributed by atoms with Gasteiger partial charge in [-0.25, -0.2) is 0 Å². The Bertz CT molecular complexity index is 884. The second-order valence-corrected chi connectivity index (χ2v) is 21.8. The maximum Gasteiger partial charge on any atom is 0.192 e. The van der Waals surface area contributed by atoms with E-state index in [2.05, 4.69) is 83.3 Å². The van der Waals surface area contributed by atoms with Crippen LogP contribution in [0.4, 0.5) is 0 Å². The molecule has 200 valence electrons. The van der Waals surface area contributed by atoms with Gasteiger partial charge < -0.3 is 19.0 Å². The van der Waals surface area contributed by atoms with Crippen molar-refractivity contribution < 1.29 is 19.0 Å². The molecule has 0 aromatic heterocycles. The Morgan fingerprint density at radius 3 is 2.31 bits per heavy atom. The molecule has 1 spiro atoms. The fraction of sp³-hybridized carbons (Fsp3) is 0.931. The zero-order valence-electron chi connectivity index (χ0n) is 23.4. The van der Waals surface area contributed by atoms with Crippen molar-refractivity contribution in [2.24, 2.45) is 22.7 Å². The van der Waals surface area contributed by atoms with E-state index in [0.29, 0.717) is 37.6 Å². The Morgan fingerprint density at radius 2 is 1.69 bits per heavy atom. The van der Waals surface area contributed by atoms with E-state index < -0.39 is 19.7 Å². The van der Waals surface area contributed by atoms with Crippen LogP contribution in [0.5, 0.6) is 0 Å². The van der Waals surface area contributed by atoms with Crippen molar-refractivity contribution in [1.29, 1.82) is 0 Å². The van der Waals surface area contributed by atoms with Crippen molar-refractivity contribution in [3.05, 3.63) is 11.6 Å². The molecule has 6 atom stereocenters. The Kier molecular flexibility index (Phi) is 6.40. The maximum atomic E-state index is 12.2. The molecule has 4 fully saturated rings. The molecule has 0 aromatic carbocycles. The van der Waals surface area contributed by atoms with Crippen molar-refractivity contribution in [1.82, 2.24) is 0 Å². The molecule has 0 amide bonds. The highest BCUT2D eigenvalue weighted by molar-refractivity contribution is 14.1. The first kappa shape index (κ1) is 27.1. The summed E-state index contributed by atoms with van der Waals surface area (Å²) in [5.41, 5.74) is 1.03. The zero-order valence-corrected chi connectivity index (χ0v) is 26.6. The van der Waals surface area contributed by atoms with E-state index in [4.69, 9.17) is 13.9 Å². The fourth-order valence-corrected chi connectivity index (χ4v) is 10.6. The van der Waals surface area contributed by atoms with Gasteiger partial charge in [-0.15, -0.1) is 0 Å². The lowest BCUT2D eigenvalue weighted by molar-refractivity contribution is -0.331. The van der Waals surface area contributed by atoms with Gasteiger partial charge in [0, 0.05) is 18.3 Å². The van der Waals surface area contributed by atoms with Gasteiger partial charge in [0.15, 0.2) is 14.1 Å². The third kappa shape index (κ3) is 4.18. The van der Waals surface area contributed by atoms with Crippen LogP contribution in [-0.2, 0) is 13.9 Å². The molecule has 5 aliphatic rings. The van der Waals surface area contributed by atoms with Gasteiger partial charge in [-0.2, -0.15) is 0 Å². The lowest BCUT2D eigenvalue weighted by Crippen LogP contribution is -2.66. The quantitative estimate of drug-likeness (QED) is 0.152. The minimum absolute atomic E-state index is 0.0479. The zero-order chi connectivity index (χ0) is 25.7. The van der Waals surface area contributed by atoms with Gasteiger partial charge in [-0.05, 0) is 73.9 Å². The first-order valence-corrected chi connectivity index (χ1v) is 18.0. The van der Waals surface area contributed by atoms with E-state index >= 15 is 0 Å². The molecule has 4 nitrogen and oxygen atoms in total. The van der Waals surface area contributed by atoms with Gasteiger partial charge in [0.1, 0.15) is 0 Å². The summed E-state index contributed by atoms with van der Waals surface area (Å²) in [5.74, 6) is 0.623. The number of fused-ring (bicyclic) bond motifs is 5. The Hall–Kier alpha value is 0.527. The van der Waals surface area contributed by atoms with Crippen molar-refractivity contribution in [3.8, 4) is 0 Å². The number of alkyl halides is 1. The molecule has 5 rings (SSSR count). The van der Waals surface area contributed by atoms with E-state index in [0.717, 1.165) is 32.1 Å². The molecule has 1 heterocycles. The predicted molar refractivity (Wildman–Crippen MR) is 152 cm³/mol. The molecular formula is C29H49IO4Si. The van der Waals surface area contributed by atoms with Gasteiger partial charge in [-0.1, -0.05) is 75.8 Å². The second-order valence-electron chi connectivity index (χ2n) is 15.2. The van der Waals surface area contributed by atoms with Crippen molar-refractivity contribution >= 4 is 30.9 Å². The Labute approximate surface area is 228 Å². The molecule has 0 bridgehead atoms. The van der Waals surface area contributed by atoms with Crippen LogP contribution in [0.2, 0.25) is 18.1 Å². The van der Waals surface area contributed by atoms with Gasteiger partial charge >= 0.3 is 0 Å². The summed E-state index contributed by atoms with van der Waals surface area (Å²) >= 11 is 2.65. The van der Waals surface area contributed by atoms with Crippen molar-refractivity contribution in [3.63, 3.8) is 0 Å². The number of ether oxygens (including phenoxy) is 2. The monoisotopic (exact) mass is 616 g/mol. The van der Waals surface area contributed by atoms with Gasteiger partial charge in [0.2, 0.25) is 0 Å². The topological polar surface area (TPSA) is 47.9 Å². The first-order chi connectivity index (χ1) is 16.0. The minimum atomic E-state index is -1.81. The molecule has 1 aliphatic heterocycles. The van der Waals surface area contributed by atoms with Crippen LogP contribution in [0.15, 0.2) is 11.6 Å². The molecule has 0 radical (unpaired) electrons. The smallest absolute Gasteiger partial charge is 0.192 e. The summed E-state index contributed by atoms with van der Waals surface area (Å²) in [6.07, 6.45) is 10.8. The van der Waals surface area contributed by atoms with Crippen LogP contribution < -0.4 is 0 Å². The van der Waals surface area contributed by atoms with Crippen LogP contribution in [0, 0.1) is 22.7 Å². The number of allylic oxidation sites excluding steroid dienone is 1. The van der Waals surface area contributed by atoms with Crippen LogP contribution >= 0.6 is 22.6 Å². The number of aliphatic hydroxyl groups is 1. The summed E-state index contributed by atoms with van der Waals surface area (Å²) in [5, 5.41) is 12.4. The first-order valence-electron chi connectivity index (χ1n) is 14.0. The molecule has 35 heavy (non-hydrogen) atoms. The highest BCUT2D eigenvalue weighted by Gasteiger charge is 2.66. The largest absolute Gasteiger partial charge is 0.413 e. The summed E-state index contributed by atoms with van der Waals surface area (Å²) in [6, 6.07) is 0. The third-order valence-electron chi connectivity index (χ3n) is 11.1. The van der Waals surface area contributed by atoms with E-state index in [-0.39, 0.29) is 19.3 Å². The molecule has 3 saturated carbocycles. The second kappa shape index (κ2) is 8.26. The Morgan fingerprint density at radius 1 is 1.03 bits per heavy atom. The van der Waals surface area contributed by atoms with Crippen molar-refractivity contribution in [2.75, 3.05) is 13.2 Å². The van der Waals surface area contributed by atoms with E-state index in [9.17, 15) is 5.11 Å². The standard InChI is InChI=1S/C29H49IO4Si/c1-24(2,3)35(7,8)34-23-10-9-21-20-11-14-27(31)17-28(32-18-25(4,5)19-33-28)15-16-29(27,30)22(20)12-13-26(21,23)6/h12,20-21,23,31H,9-11,13-19H2,1-8H3/t20-,21-,23-,26-,27+,29-/m0/s1. The Balaban J connectivity index is 1.39. The number of hydrogen-bond acceptors (Lipinski definition) is 4. The van der Waals surface area contributed by atoms with Gasteiger partial charge in [0.05, 0.1) is 28.3 Å².